The van der Waals surface area contributed by atoms with E-state index in [0.717, 1.165) is 4.47 Å². The molecule has 1 heterocycles. The average Bonchev–Trinajstić information content (AvgIpc) is 2.95. The quantitative estimate of drug-likeness (QED) is 0.647. The second-order valence-electron chi connectivity index (χ2n) is 4.47. The van der Waals surface area contributed by atoms with Crippen molar-refractivity contribution >= 4 is 44.7 Å². The molecule has 0 amide bonds. The van der Waals surface area contributed by atoms with Crippen LogP contribution >= 0.6 is 38.9 Å². The van der Waals surface area contributed by atoms with Crippen LogP contribution in [0.1, 0.15) is 22.7 Å². The molecule has 2 rings (SSSR count). The molecule has 0 saturated heterocycles. The fourth-order valence-electron chi connectivity index (χ4n) is 1.73. The number of Topliss-reactive ketones (excluding diaryl/α,β-unsaturated/α-hetero) is 1. The van der Waals surface area contributed by atoms with Crippen molar-refractivity contribution in [2.24, 2.45) is 0 Å². The first kappa shape index (κ1) is 16.9. The molecule has 0 bridgehead atoms. The Labute approximate surface area is 145 Å². The lowest BCUT2D eigenvalue weighted by atomic mass is 10.2. The number of ether oxygens (including phenoxy) is 1. The van der Waals surface area contributed by atoms with E-state index >= 15 is 0 Å². The summed E-state index contributed by atoms with van der Waals surface area (Å²) in [5, 5.41) is 9.98. The SMILES string of the molecule is N#Cc1cnc(CC(=O)CCCOc2ccc(Br)c(Cl)c2)s1. The Morgan fingerprint density at radius 2 is 2.32 bits per heavy atom. The molecular weight excluding hydrogens is 388 g/mol. The van der Waals surface area contributed by atoms with Crippen LogP contribution in [-0.2, 0) is 11.2 Å². The number of ketones is 1. The largest absolute Gasteiger partial charge is 0.494 e. The molecule has 114 valence electrons. The van der Waals surface area contributed by atoms with Crippen LogP contribution in [0.2, 0.25) is 5.02 Å². The summed E-state index contributed by atoms with van der Waals surface area (Å²) in [5.41, 5.74) is 0. The van der Waals surface area contributed by atoms with Crippen molar-refractivity contribution < 1.29 is 9.53 Å². The zero-order chi connectivity index (χ0) is 15.9. The highest BCUT2D eigenvalue weighted by Gasteiger charge is 2.08. The highest BCUT2D eigenvalue weighted by molar-refractivity contribution is 9.10. The van der Waals surface area contributed by atoms with Gasteiger partial charge in [-0.05, 0) is 40.5 Å². The summed E-state index contributed by atoms with van der Waals surface area (Å²) in [6.07, 6.45) is 2.82. The van der Waals surface area contributed by atoms with Crippen LogP contribution in [0.25, 0.3) is 0 Å². The molecule has 0 fully saturated rings. The Morgan fingerprint density at radius 1 is 1.50 bits per heavy atom. The normalized spacial score (nSPS) is 10.2. The number of nitriles is 1. The van der Waals surface area contributed by atoms with Crippen LogP contribution in [0.4, 0.5) is 0 Å². The Hall–Kier alpha value is -1.42. The van der Waals surface area contributed by atoms with Gasteiger partial charge in [-0.3, -0.25) is 4.79 Å². The number of halogens is 2. The third-order valence-electron chi connectivity index (χ3n) is 2.77. The van der Waals surface area contributed by atoms with E-state index in [1.165, 1.54) is 17.5 Å². The summed E-state index contributed by atoms with van der Waals surface area (Å²) in [6, 6.07) is 7.37. The summed E-state index contributed by atoms with van der Waals surface area (Å²) in [4.78, 5) is 16.4. The second kappa shape index (κ2) is 8.28. The zero-order valence-electron chi connectivity index (χ0n) is 11.5. The summed E-state index contributed by atoms with van der Waals surface area (Å²) in [5.74, 6) is 0.774. The van der Waals surface area contributed by atoms with E-state index in [0.29, 0.717) is 40.1 Å². The van der Waals surface area contributed by atoms with Gasteiger partial charge in [0.1, 0.15) is 27.5 Å². The van der Waals surface area contributed by atoms with E-state index in [1.54, 1.807) is 6.07 Å². The monoisotopic (exact) mass is 398 g/mol. The van der Waals surface area contributed by atoms with Gasteiger partial charge in [-0.1, -0.05) is 11.6 Å². The molecule has 0 aliphatic rings. The molecule has 0 unspecified atom stereocenters. The van der Waals surface area contributed by atoms with Gasteiger partial charge in [0.25, 0.3) is 0 Å². The third-order valence-corrected chi connectivity index (χ3v) is 4.91. The fourth-order valence-corrected chi connectivity index (χ4v) is 2.89. The second-order valence-corrected chi connectivity index (χ2v) is 6.85. The molecule has 0 N–H and O–H groups in total. The lowest BCUT2D eigenvalue weighted by molar-refractivity contribution is -0.118. The zero-order valence-corrected chi connectivity index (χ0v) is 14.7. The van der Waals surface area contributed by atoms with Gasteiger partial charge in [0, 0.05) is 10.9 Å². The van der Waals surface area contributed by atoms with Crippen LogP contribution in [0, 0.1) is 11.3 Å². The number of aromatic nitrogens is 1. The van der Waals surface area contributed by atoms with E-state index in [9.17, 15) is 4.79 Å². The first-order valence-electron chi connectivity index (χ1n) is 6.53. The molecular formula is C15H12BrClN2O2S. The van der Waals surface area contributed by atoms with E-state index in [2.05, 4.69) is 20.9 Å². The van der Waals surface area contributed by atoms with Crippen molar-refractivity contribution in [2.45, 2.75) is 19.3 Å². The lowest BCUT2D eigenvalue weighted by Gasteiger charge is -2.06. The minimum atomic E-state index is 0.0938. The van der Waals surface area contributed by atoms with Crippen LogP contribution in [0.3, 0.4) is 0 Å². The molecule has 0 aliphatic heterocycles. The van der Waals surface area contributed by atoms with Gasteiger partial charge in [0.15, 0.2) is 0 Å². The minimum Gasteiger partial charge on any atom is -0.494 e. The molecule has 1 aromatic heterocycles. The van der Waals surface area contributed by atoms with Gasteiger partial charge in [0.05, 0.1) is 24.2 Å². The maximum atomic E-state index is 11.8. The van der Waals surface area contributed by atoms with E-state index in [-0.39, 0.29) is 12.2 Å². The fraction of sp³-hybridized carbons (Fsp3) is 0.267. The highest BCUT2D eigenvalue weighted by atomic mass is 79.9. The molecule has 0 aliphatic carbocycles. The number of rotatable bonds is 7. The van der Waals surface area contributed by atoms with Gasteiger partial charge in [-0.25, -0.2) is 4.98 Å². The van der Waals surface area contributed by atoms with Crippen molar-refractivity contribution in [3.8, 4) is 11.8 Å². The van der Waals surface area contributed by atoms with Gasteiger partial charge < -0.3 is 4.74 Å². The Morgan fingerprint density at radius 3 is 3.00 bits per heavy atom. The Balaban J connectivity index is 1.70. The van der Waals surface area contributed by atoms with Gasteiger partial charge in [-0.2, -0.15) is 5.26 Å². The summed E-state index contributed by atoms with van der Waals surface area (Å²) in [7, 11) is 0. The van der Waals surface area contributed by atoms with Crippen molar-refractivity contribution in [1.82, 2.24) is 4.98 Å². The van der Waals surface area contributed by atoms with Gasteiger partial charge in [-0.15, -0.1) is 11.3 Å². The van der Waals surface area contributed by atoms with Gasteiger partial charge in [0.2, 0.25) is 0 Å². The Bertz CT molecular complexity index is 712. The van der Waals surface area contributed by atoms with Crippen molar-refractivity contribution in [2.75, 3.05) is 6.61 Å². The molecule has 0 spiro atoms. The molecule has 0 atom stereocenters. The van der Waals surface area contributed by atoms with Crippen molar-refractivity contribution in [1.29, 1.82) is 5.26 Å². The Kier molecular flexibility index (Phi) is 6.37. The summed E-state index contributed by atoms with van der Waals surface area (Å²) in [6.45, 7) is 0.449. The number of carbonyl (C=O) groups is 1. The van der Waals surface area contributed by atoms with Crippen molar-refractivity contribution in [3.63, 3.8) is 0 Å². The molecule has 1 aromatic carbocycles. The maximum absolute atomic E-state index is 11.8. The summed E-state index contributed by atoms with van der Waals surface area (Å²) < 4.78 is 6.37. The molecule has 22 heavy (non-hydrogen) atoms. The average molecular weight is 400 g/mol. The lowest BCUT2D eigenvalue weighted by Crippen LogP contribution is -2.05. The number of carbonyl (C=O) groups excluding carboxylic acids is 1. The predicted molar refractivity (Wildman–Crippen MR) is 89.4 cm³/mol. The summed E-state index contributed by atoms with van der Waals surface area (Å²) >= 11 is 10.5. The van der Waals surface area contributed by atoms with E-state index in [1.807, 2.05) is 18.2 Å². The van der Waals surface area contributed by atoms with Crippen LogP contribution in [-0.4, -0.2) is 17.4 Å². The van der Waals surface area contributed by atoms with Crippen molar-refractivity contribution in [3.05, 3.63) is 43.8 Å². The van der Waals surface area contributed by atoms with E-state index in [4.69, 9.17) is 21.6 Å². The maximum Gasteiger partial charge on any atom is 0.139 e. The van der Waals surface area contributed by atoms with Crippen LogP contribution in [0.15, 0.2) is 28.9 Å². The first-order valence-corrected chi connectivity index (χ1v) is 8.51. The number of benzene rings is 1. The molecule has 7 heteroatoms. The minimum absolute atomic E-state index is 0.0938. The molecule has 0 radical (unpaired) electrons. The predicted octanol–water partition coefficient (Wildman–Crippen LogP) is 4.40. The van der Waals surface area contributed by atoms with Crippen LogP contribution in [0.5, 0.6) is 5.75 Å². The standard InChI is InChI=1S/C15H12BrClN2O2S/c16-13-4-3-11(7-14(13)17)21-5-1-2-10(20)6-15-19-9-12(8-18)22-15/h3-4,7,9H,1-2,5-6H2. The highest BCUT2D eigenvalue weighted by Crippen LogP contribution is 2.26. The molecule has 4 nitrogen and oxygen atoms in total. The molecule has 0 saturated carbocycles. The number of nitrogens with zero attached hydrogens (tertiary/aromatic N) is 2. The smallest absolute Gasteiger partial charge is 0.139 e. The first-order chi connectivity index (χ1) is 10.6. The number of thiazole rings is 1. The van der Waals surface area contributed by atoms with Gasteiger partial charge >= 0.3 is 0 Å². The number of hydrogen-bond donors (Lipinski definition) is 0. The van der Waals surface area contributed by atoms with Crippen LogP contribution < -0.4 is 4.74 Å². The molecule has 2 aromatic rings. The topological polar surface area (TPSA) is 63.0 Å². The van der Waals surface area contributed by atoms with E-state index < -0.39 is 0 Å². The number of hydrogen-bond acceptors (Lipinski definition) is 5. The third kappa shape index (κ3) is 5.09.